The molecule has 0 amide bonds. The quantitative estimate of drug-likeness (QED) is 0.415. The first kappa shape index (κ1) is 6.72. The molecule has 0 aromatic heterocycles. The molecule has 1 aliphatic carbocycles. The number of likely N-dealkylation sites (tertiary alicyclic amines) is 1. The molecule has 2 rings (SSSR count). The third-order valence-electron chi connectivity index (χ3n) is 3.33. The highest BCUT2D eigenvalue weighted by Gasteiger charge is 2.67. The largest absolute Gasteiger partial charge is 0.309 e. The minimum Gasteiger partial charge on any atom is -0.309 e. The predicted octanol–water partition coefficient (Wildman–Crippen LogP) is 1.37. The van der Waals surface area contributed by atoms with Crippen LogP contribution in [0.25, 0.3) is 0 Å². The molecule has 0 unspecified atom stereocenters. The van der Waals surface area contributed by atoms with Crippen LogP contribution in [0.3, 0.4) is 0 Å². The monoisotopic (exact) mass is 148 g/mol. The maximum absolute atomic E-state index is 8.67. The smallest absolute Gasteiger partial charge is 0.179 e. The van der Waals surface area contributed by atoms with Gasteiger partial charge in [-0.2, -0.15) is 5.26 Å². The van der Waals surface area contributed by atoms with Crippen molar-refractivity contribution in [3.63, 3.8) is 0 Å². The van der Waals surface area contributed by atoms with Gasteiger partial charge in [0.05, 0.1) is 0 Å². The molecule has 2 nitrogen and oxygen atoms in total. The summed E-state index contributed by atoms with van der Waals surface area (Å²) in [6.45, 7) is 7.89. The molecule has 0 radical (unpaired) electrons. The van der Waals surface area contributed by atoms with Crippen LogP contribution in [0.5, 0.6) is 0 Å². The van der Waals surface area contributed by atoms with Crippen LogP contribution in [0.1, 0.15) is 13.3 Å². The van der Waals surface area contributed by atoms with Gasteiger partial charge in [0, 0.05) is 18.5 Å². The van der Waals surface area contributed by atoms with Gasteiger partial charge in [0.15, 0.2) is 6.19 Å². The number of nitrogens with zero attached hydrogens (tertiary/aromatic N) is 2. The normalized spacial score (nSPS) is 46.4. The Labute approximate surface area is 67.1 Å². The molecule has 11 heavy (non-hydrogen) atoms. The first-order chi connectivity index (χ1) is 5.16. The molecule has 0 aromatic rings. The Balaban J connectivity index is 2.22. The van der Waals surface area contributed by atoms with E-state index in [-0.39, 0.29) is 5.41 Å². The van der Waals surface area contributed by atoms with Gasteiger partial charge in [0.2, 0.25) is 0 Å². The van der Waals surface area contributed by atoms with Crippen LogP contribution in [0, 0.1) is 22.3 Å². The van der Waals surface area contributed by atoms with Crippen LogP contribution < -0.4 is 0 Å². The summed E-state index contributed by atoms with van der Waals surface area (Å²) in [4.78, 5) is 1.84. The zero-order valence-corrected chi connectivity index (χ0v) is 6.80. The van der Waals surface area contributed by atoms with E-state index < -0.39 is 0 Å². The summed E-state index contributed by atoms with van der Waals surface area (Å²) >= 11 is 0. The van der Waals surface area contributed by atoms with E-state index in [0.29, 0.717) is 5.41 Å². The molecule has 2 heteroatoms. The van der Waals surface area contributed by atoms with Crippen molar-refractivity contribution in [2.24, 2.45) is 10.8 Å². The summed E-state index contributed by atoms with van der Waals surface area (Å²) in [5, 5.41) is 8.67. The van der Waals surface area contributed by atoms with Gasteiger partial charge < -0.3 is 4.90 Å². The topological polar surface area (TPSA) is 27.0 Å². The maximum atomic E-state index is 8.67. The maximum Gasteiger partial charge on any atom is 0.179 e. The van der Waals surface area contributed by atoms with Crippen LogP contribution >= 0.6 is 0 Å². The molecule has 1 saturated carbocycles. The molecular formula is C9H12N2. The number of hydrogen-bond donors (Lipinski definition) is 0. The Morgan fingerprint density at radius 2 is 2.36 bits per heavy atom. The molecule has 1 saturated heterocycles. The Bertz CT molecular complexity index is 253. The van der Waals surface area contributed by atoms with Crippen molar-refractivity contribution in [3.8, 4) is 6.19 Å². The molecule has 0 spiro atoms. The summed E-state index contributed by atoms with van der Waals surface area (Å²) < 4.78 is 0. The first-order valence-corrected chi connectivity index (χ1v) is 3.94. The highest BCUT2D eigenvalue weighted by Crippen LogP contribution is 2.68. The lowest BCUT2D eigenvalue weighted by Crippen LogP contribution is -2.19. The standard InChI is InChI=1S/C9H12N2/c1-3-9-4-8(9,2)5-11(6-9)7-10/h3H,1,4-6H2,2H3/t8-,9+/m0/s1. The van der Waals surface area contributed by atoms with Crippen LogP contribution in [-0.2, 0) is 0 Å². The van der Waals surface area contributed by atoms with E-state index in [4.69, 9.17) is 5.26 Å². The Hall–Kier alpha value is -0.970. The van der Waals surface area contributed by atoms with Crippen molar-refractivity contribution in [3.05, 3.63) is 12.7 Å². The third-order valence-corrected chi connectivity index (χ3v) is 3.33. The predicted molar refractivity (Wildman–Crippen MR) is 42.5 cm³/mol. The van der Waals surface area contributed by atoms with Crippen LogP contribution in [0.4, 0.5) is 0 Å². The van der Waals surface area contributed by atoms with Crippen molar-refractivity contribution in [1.29, 1.82) is 5.26 Å². The van der Waals surface area contributed by atoms with E-state index in [1.807, 2.05) is 11.0 Å². The van der Waals surface area contributed by atoms with E-state index >= 15 is 0 Å². The third kappa shape index (κ3) is 0.611. The lowest BCUT2D eigenvalue weighted by Gasteiger charge is -2.10. The summed E-state index contributed by atoms with van der Waals surface area (Å²) in [5.74, 6) is 0. The van der Waals surface area contributed by atoms with E-state index in [1.165, 1.54) is 6.42 Å². The minimum atomic E-state index is 0.280. The van der Waals surface area contributed by atoms with Crippen LogP contribution in [0.2, 0.25) is 0 Å². The molecular weight excluding hydrogens is 136 g/mol. The van der Waals surface area contributed by atoms with Crippen LogP contribution in [0.15, 0.2) is 12.7 Å². The summed E-state index contributed by atoms with van der Waals surface area (Å²) in [6, 6.07) is 0. The second-order valence-corrected chi connectivity index (χ2v) is 4.05. The van der Waals surface area contributed by atoms with Gasteiger partial charge in [-0.25, -0.2) is 0 Å². The number of hydrogen-bond acceptors (Lipinski definition) is 2. The van der Waals surface area contributed by atoms with Gasteiger partial charge in [0.1, 0.15) is 0 Å². The van der Waals surface area contributed by atoms with Crippen LogP contribution in [-0.4, -0.2) is 18.0 Å². The first-order valence-electron chi connectivity index (χ1n) is 3.94. The molecule has 0 aromatic carbocycles. The van der Waals surface area contributed by atoms with Gasteiger partial charge in [-0.05, 0) is 11.8 Å². The van der Waals surface area contributed by atoms with Crippen molar-refractivity contribution in [2.45, 2.75) is 13.3 Å². The molecule has 2 atom stereocenters. The average molecular weight is 148 g/mol. The Morgan fingerprint density at radius 1 is 1.64 bits per heavy atom. The summed E-state index contributed by atoms with van der Waals surface area (Å²) in [6.07, 6.45) is 5.45. The fourth-order valence-corrected chi connectivity index (χ4v) is 2.38. The zero-order chi connectivity index (χ0) is 8.11. The number of rotatable bonds is 1. The minimum absolute atomic E-state index is 0.280. The number of fused-ring (bicyclic) bond motifs is 1. The lowest BCUT2D eigenvalue weighted by atomic mass is 9.99. The van der Waals surface area contributed by atoms with Gasteiger partial charge in [0.25, 0.3) is 0 Å². The highest BCUT2D eigenvalue weighted by atomic mass is 15.2. The van der Waals surface area contributed by atoms with E-state index in [2.05, 4.69) is 19.7 Å². The molecule has 2 aliphatic rings. The van der Waals surface area contributed by atoms with Crippen molar-refractivity contribution in [2.75, 3.05) is 13.1 Å². The number of piperidine rings is 1. The highest BCUT2D eigenvalue weighted by molar-refractivity contribution is 5.27. The van der Waals surface area contributed by atoms with E-state index in [9.17, 15) is 0 Å². The van der Waals surface area contributed by atoms with Gasteiger partial charge in [-0.15, -0.1) is 6.58 Å². The lowest BCUT2D eigenvalue weighted by molar-refractivity contribution is 0.394. The second-order valence-electron chi connectivity index (χ2n) is 4.05. The van der Waals surface area contributed by atoms with E-state index in [1.54, 1.807) is 0 Å². The summed E-state index contributed by atoms with van der Waals surface area (Å²) in [7, 11) is 0. The van der Waals surface area contributed by atoms with Crippen molar-refractivity contribution < 1.29 is 0 Å². The molecule has 1 aliphatic heterocycles. The molecule has 1 heterocycles. The van der Waals surface area contributed by atoms with Crippen molar-refractivity contribution in [1.82, 2.24) is 4.90 Å². The van der Waals surface area contributed by atoms with Gasteiger partial charge in [-0.1, -0.05) is 13.0 Å². The molecule has 0 N–H and O–H groups in total. The fraction of sp³-hybridized carbons (Fsp3) is 0.667. The molecule has 0 bridgehead atoms. The van der Waals surface area contributed by atoms with E-state index in [0.717, 1.165) is 13.1 Å². The SMILES string of the molecule is C=C[C@@]12CN(C#N)C[C@]1(C)C2. The zero-order valence-electron chi connectivity index (χ0n) is 6.80. The fourth-order valence-electron chi connectivity index (χ4n) is 2.38. The summed E-state index contributed by atoms with van der Waals surface area (Å²) in [5.41, 5.74) is 0.646. The van der Waals surface area contributed by atoms with Gasteiger partial charge in [-0.3, -0.25) is 0 Å². The van der Waals surface area contributed by atoms with Gasteiger partial charge >= 0.3 is 0 Å². The Morgan fingerprint density at radius 3 is 2.73 bits per heavy atom. The average Bonchev–Trinajstić information content (AvgIpc) is 2.46. The molecule has 2 fully saturated rings. The Kier molecular flexibility index (Phi) is 0.983. The second kappa shape index (κ2) is 1.61. The number of nitriles is 1. The molecule has 58 valence electrons. The van der Waals surface area contributed by atoms with Crippen molar-refractivity contribution >= 4 is 0 Å².